The molecule has 1 aromatic carbocycles. The van der Waals surface area contributed by atoms with Gasteiger partial charge in [-0.2, -0.15) is 0 Å². The van der Waals surface area contributed by atoms with Gasteiger partial charge in [-0.15, -0.1) is 0 Å². The van der Waals surface area contributed by atoms with E-state index in [1.165, 1.54) is 7.11 Å². The number of rotatable bonds is 3. The monoisotopic (exact) mass is 244 g/mol. The van der Waals surface area contributed by atoms with Crippen molar-refractivity contribution in [1.82, 2.24) is 10.3 Å². The molecular formula is C14H16N2O2. The lowest BCUT2D eigenvalue weighted by molar-refractivity contribution is 0.0942. The number of fused-ring (bicyclic) bond motifs is 1. The maximum absolute atomic E-state index is 12.2. The van der Waals surface area contributed by atoms with E-state index in [0.717, 1.165) is 10.9 Å². The van der Waals surface area contributed by atoms with Crippen molar-refractivity contribution in [3.63, 3.8) is 0 Å². The molecule has 1 amide bonds. The van der Waals surface area contributed by atoms with Crippen molar-refractivity contribution < 1.29 is 9.53 Å². The van der Waals surface area contributed by atoms with E-state index >= 15 is 0 Å². The Bertz CT molecular complexity index is 579. The fourth-order valence-electron chi connectivity index (χ4n) is 1.85. The van der Waals surface area contributed by atoms with Crippen molar-refractivity contribution >= 4 is 16.8 Å². The first kappa shape index (κ1) is 12.4. The van der Waals surface area contributed by atoms with E-state index in [1.54, 1.807) is 6.20 Å². The van der Waals surface area contributed by atoms with Crippen LogP contribution in [0.4, 0.5) is 0 Å². The third-order valence-electron chi connectivity index (χ3n) is 2.61. The standard InChI is InChI=1S/C14H16N2O2/c1-9(2)16-14(17)13-10-6-4-5-7-11(10)15-8-12(13)18-3/h4-9H,1-3H3,(H,16,17). The second-order valence-corrected chi connectivity index (χ2v) is 4.35. The molecule has 2 aromatic rings. The van der Waals surface area contributed by atoms with E-state index in [4.69, 9.17) is 4.74 Å². The van der Waals surface area contributed by atoms with Gasteiger partial charge in [0.1, 0.15) is 0 Å². The lowest BCUT2D eigenvalue weighted by Crippen LogP contribution is -2.30. The number of aromatic nitrogens is 1. The molecule has 0 aliphatic carbocycles. The first-order chi connectivity index (χ1) is 8.63. The van der Waals surface area contributed by atoms with Gasteiger partial charge in [0.25, 0.3) is 5.91 Å². The number of para-hydroxylation sites is 1. The van der Waals surface area contributed by atoms with Gasteiger partial charge in [0.15, 0.2) is 5.75 Å². The van der Waals surface area contributed by atoms with Crippen LogP contribution in [0.2, 0.25) is 0 Å². The van der Waals surface area contributed by atoms with Crippen LogP contribution in [0.3, 0.4) is 0 Å². The molecule has 1 heterocycles. The highest BCUT2D eigenvalue weighted by molar-refractivity contribution is 6.08. The SMILES string of the molecule is COc1cnc2ccccc2c1C(=O)NC(C)C. The van der Waals surface area contributed by atoms with Crippen LogP contribution in [0, 0.1) is 0 Å². The number of pyridine rings is 1. The lowest BCUT2D eigenvalue weighted by atomic mass is 10.1. The van der Waals surface area contributed by atoms with E-state index in [9.17, 15) is 4.79 Å². The van der Waals surface area contributed by atoms with Crippen molar-refractivity contribution in [3.05, 3.63) is 36.0 Å². The summed E-state index contributed by atoms with van der Waals surface area (Å²) < 4.78 is 5.23. The molecule has 0 saturated carbocycles. The average molecular weight is 244 g/mol. The van der Waals surface area contributed by atoms with Gasteiger partial charge in [-0.3, -0.25) is 9.78 Å². The number of amides is 1. The van der Waals surface area contributed by atoms with Crippen LogP contribution in [-0.4, -0.2) is 24.0 Å². The first-order valence-electron chi connectivity index (χ1n) is 5.86. The molecule has 0 radical (unpaired) electrons. The van der Waals surface area contributed by atoms with Crippen LogP contribution in [0.5, 0.6) is 5.75 Å². The summed E-state index contributed by atoms with van der Waals surface area (Å²) in [6.07, 6.45) is 1.58. The highest BCUT2D eigenvalue weighted by atomic mass is 16.5. The Morgan fingerprint density at radius 2 is 2.06 bits per heavy atom. The summed E-state index contributed by atoms with van der Waals surface area (Å²) in [5.41, 5.74) is 1.32. The van der Waals surface area contributed by atoms with Crippen LogP contribution < -0.4 is 10.1 Å². The van der Waals surface area contributed by atoms with Gasteiger partial charge >= 0.3 is 0 Å². The number of hydrogen-bond acceptors (Lipinski definition) is 3. The molecule has 4 heteroatoms. The number of carbonyl (C=O) groups excluding carboxylic acids is 1. The molecule has 1 aromatic heterocycles. The Kier molecular flexibility index (Phi) is 3.46. The Morgan fingerprint density at radius 3 is 2.72 bits per heavy atom. The molecule has 94 valence electrons. The number of benzene rings is 1. The normalized spacial score (nSPS) is 10.7. The fraction of sp³-hybridized carbons (Fsp3) is 0.286. The summed E-state index contributed by atoms with van der Waals surface area (Å²) in [6.45, 7) is 3.85. The van der Waals surface area contributed by atoms with Gasteiger partial charge in [-0.25, -0.2) is 0 Å². The predicted molar refractivity (Wildman–Crippen MR) is 70.9 cm³/mol. The molecule has 0 saturated heterocycles. The largest absolute Gasteiger partial charge is 0.494 e. The molecule has 18 heavy (non-hydrogen) atoms. The zero-order valence-electron chi connectivity index (χ0n) is 10.7. The number of methoxy groups -OCH3 is 1. The fourth-order valence-corrected chi connectivity index (χ4v) is 1.85. The third-order valence-corrected chi connectivity index (χ3v) is 2.61. The van der Waals surface area contributed by atoms with Gasteiger partial charge in [0.05, 0.1) is 24.4 Å². The molecule has 0 unspecified atom stereocenters. The second kappa shape index (κ2) is 5.04. The number of hydrogen-bond donors (Lipinski definition) is 1. The van der Waals surface area contributed by atoms with Crippen LogP contribution in [0.15, 0.2) is 30.5 Å². The van der Waals surface area contributed by atoms with Gasteiger partial charge in [-0.1, -0.05) is 18.2 Å². The maximum Gasteiger partial charge on any atom is 0.255 e. The quantitative estimate of drug-likeness (QED) is 0.901. The molecular weight excluding hydrogens is 228 g/mol. The summed E-state index contributed by atoms with van der Waals surface area (Å²) in [6, 6.07) is 7.61. The average Bonchev–Trinajstić information content (AvgIpc) is 2.36. The molecule has 0 aliphatic heterocycles. The summed E-state index contributed by atoms with van der Waals surface area (Å²) >= 11 is 0. The van der Waals surface area contributed by atoms with Crippen molar-refractivity contribution in [2.45, 2.75) is 19.9 Å². The topological polar surface area (TPSA) is 51.2 Å². The molecule has 2 rings (SSSR count). The Balaban J connectivity index is 2.61. The minimum Gasteiger partial charge on any atom is -0.494 e. The Labute approximate surface area is 106 Å². The van der Waals surface area contributed by atoms with Gasteiger partial charge in [0, 0.05) is 11.4 Å². The molecule has 0 bridgehead atoms. The van der Waals surface area contributed by atoms with Crippen LogP contribution >= 0.6 is 0 Å². The summed E-state index contributed by atoms with van der Waals surface area (Å²) in [7, 11) is 1.54. The lowest BCUT2D eigenvalue weighted by Gasteiger charge is -2.13. The minimum atomic E-state index is -0.138. The number of ether oxygens (including phenoxy) is 1. The van der Waals surface area contributed by atoms with E-state index in [0.29, 0.717) is 11.3 Å². The third kappa shape index (κ3) is 2.27. The molecule has 0 aliphatic rings. The number of nitrogens with zero attached hydrogens (tertiary/aromatic N) is 1. The first-order valence-corrected chi connectivity index (χ1v) is 5.86. The summed E-state index contributed by atoms with van der Waals surface area (Å²) in [5.74, 6) is 0.354. The van der Waals surface area contributed by atoms with Crippen LogP contribution in [0.1, 0.15) is 24.2 Å². The predicted octanol–water partition coefficient (Wildman–Crippen LogP) is 2.38. The highest BCUT2D eigenvalue weighted by Crippen LogP contribution is 2.25. The molecule has 4 nitrogen and oxygen atoms in total. The smallest absolute Gasteiger partial charge is 0.255 e. The van der Waals surface area contributed by atoms with Crippen molar-refractivity contribution in [2.75, 3.05) is 7.11 Å². The van der Waals surface area contributed by atoms with Crippen LogP contribution in [0.25, 0.3) is 10.9 Å². The Hall–Kier alpha value is -2.10. The minimum absolute atomic E-state index is 0.0779. The molecule has 0 spiro atoms. The summed E-state index contributed by atoms with van der Waals surface area (Å²) in [5, 5.41) is 3.68. The number of carbonyl (C=O) groups is 1. The van der Waals surface area contributed by atoms with Crippen molar-refractivity contribution in [3.8, 4) is 5.75 Å². The Morgan fingerprint density at radius 1 is 1.33 bits per heavy atom. The van der Waals surface area contributed by atoms with E-state index < -0.39 is 0 Å². The number of nitrogens with one attached hydrogen (secondary N) is 1. The van der Waals surface area contributed by atoms with Crippen LogP contribution in [-0.2, 0) is 0 Å². The zero-order valence-corrected chi connectivity index (χ0v) is 10.7. The van der Waals surface area contributed by atoms with E-state index in [2.05, 4.69) is 10.3 Å². The van der Waals surface area contributed by atoms with E-state index in [1.807, 2.05) is 38.1 Å². The van der Waals surface area contributed by atoms with Gasteiger partial charge in [0.2, 0.25) is 0 Å². The van der Waals surface area contributed by atoms with E-state index in [-0.39, 0.29) is 11.9 Å². The molecule has 0 atom stereocenters. The molecule has 0 fully saturated rings. The maximum atomic E-state index is 12.2. The molecule has 1 N–H and O–H groups in total. The van der Waals surface area contributed by atoms with Gasteiger partial charge < -0.3 is 10.1 Å². The zero-order chi connectivity index (χ0) is 13.1. The second-order valence-electron chi connectivity index (χ2n) is 4.35. The summed E-state index contributed by atoms with van der Waals surface area (Å²) in [4.78, 5) is 16.5. The highest BCUT2D eigenvalue weighted by Gasteiger charge is 2.17. The van der Waals surface area contributed by atoms with Crippen molar-refractivity contribution in [1.29, 1.82) is 0 Å². The van der Waals surface area contributed by atoms with Gasteiger partial charge in [-0.05, 0) is 19.9 Å². The van der Waals surface area contributed by atoms with Crippen molar-refractivity contribution in [2.24, 2.45) is 0 Å².